The van der Waals surface area contributed by atoms with Crippen molar-refractivity contribution in [3.05, 3.63) is 23.2 Å². The number of hydrogen-bond acceptors (Lipinski definition) is 6. The normalized spacial score (nSPS) is 26.7. The molecule has 3 atom stereocenters. The van der Waals surface area contributed by atoms with Gasteiger partial charge in [-0.2, -0.15) is 0 Å². The SMILES string of the molecule is COCCOc1ccc(S(=O)(=O)C2CC(C(=O)NC3(C)CC3)C(C(=O)N3CC(F)(F)C3)C2)c(Cl)c1. The maximum Gasteiger partial charge on any atom is 0.282 e. The van der Waals surface area contributed by atoms with Gasteiger partial charge in [-0.05, 0) is 44.7 Å². The number of nitrogens with one attached hydrogen (secondary N) is 1. The van der Waals surface area contributed by atoms with Gasteiger partial charge in [-0.15, -0.1) is 0 Å². The van der Waals surface area contributed by atoms with Crippen LogP contribution in [0.25, 0.3) is 0 Å². The van der Waals surface area contributed by atoms with E-state index < -0.39 is 57.7 Å². The van der Waals surface area contributed by atoms with E-state index in [0.717, 1.165) is 17.7 Å². The highest BCUT2D eigenvalue weighted by Gasteiger charge is 2.54. The molecule has 1 heterocycles. The third kappa shape index (κ3) is 5.56. The van der Waals surface area contributed by atoms with Gasteiger partial charge in [-0.3, -0.25) is 9.59 Å². The van der Waals surface area contributed by atoms with Gasteiger partial charge in [0.25, 0.3) is 5.92 Å². The molecule has 1 aliphatic heterocycles. The summed E-state index contributed by atoms with van der Waals surface area (Å²) < 4.78 is 64.1. The molecule has 2 amide bonds. The number of alkyl halides is 2. The van der Waals surface area contributed by atoms with Gasteiger partial charge in [-0.1, -0.05) is 11.6 Å². The number of carbonyl (C=O) groups is 2. The molecule has 4 rings (SSSR count). The quantitative estimate of drug-likeness (QED) is 0.489. The fourth-order valence-electron chi connectivity index (χ4n) is 4.64. The number of sulfone groups is 1. The van der Waals surface area contributed by atoms with Crippen molar-refractivity contribution in [2.45, 2.75) is 54.2 Å². The molecule has 3 unspecified atom stereocenters. The van der Waals surface area contributed by atoms with Crippen LogP contribution in [0.3, 0.4) is 0 Å². The molecule has 1 N–H and O–H groups in total. The number of ether oxygens (including phenoxy) is 2. The maximum absolute atomic E-state index is 13.5. The largest absolute Gasteiger partial charge is 0.491 e. The molecule has 12 heteroatoms. The Hall–Kier alpha value is -1.98. The van der Waals surface area contributed by atoms with Crippen molar-refractivity contribution < 1.29 is 36.3 Å². The van der Waals surface area contributed by atoms with Gasteiger partial charge < -0.3 is 19.7 Å². The van der Waals surface area contributed by atoms with Crippen LogP contribution in [-0.4, -0.2) is 75.3 Å². The Bertz CT molecular complexity index is 1100. The first kappa shape index (κ1) is 26.1. The fourth-order valence-corrected chi connectivity index (χ4v) is 7.00. The van der Waals surface area contributed by atoms with Crippen molar-refractivity contribution >= 4 is 33.3 Å². The van der Waals surface area contributed by atoms with Crippen molar-refractivity contribution in [1.29, 1.82) is 0 Å². The Balaban J connectivity index is 1.54. The van der Waals surface area contributed by atoms with E-state index in [2.05, 4.69) is 5.32 Å². The van der Waals surface area contributed by atoms with Gasteiger partial charge in [0.05, 0.1) is 46.7 Å². The van der Waals surface area contributed by atoms with E-state index in [1.807, 2.05) is 6.92 Å². The van der Waals surface area contributed by atoms with E-state index >= 15 is 0 Å². The van der Waals surface area contributed by atoms with Crippen molar-refractivity contribution in [1.82, 2.24) is 10.2 Å². The first-order valence-electron chi connectivity index (χ1n) is 11.5. The summed E-state index contributed by atoms with van der Waals surface area (Å²) in [5.74, 6) is -5.53. The number of likely N-dealkylation sites (tertiary alicyclic amines) is 1. The van der Waals surface area contributed by atoms with Crippen LogP contribution in [0.15, 0.2) is 23.1 Å². The minimum absolute atomic E-state index is 0.0384. The molecule has 1 aromatic carbocycles. The predicted octanol–water partition coefficient (Wildman–Crippen LogP) is 2.68. The van der Waals surface area contributed by atoms with Crippen LogP contribution in [0.2, 0.25) is 5.02 Å². The van der Waals surface area contributed by atoms with Gasteiger partial charge >= 0.3 is 0 Å². The topological polar surface area (TPSA) is 102 Å². The molecule has 3 fully saturated rings. The smallest absolute Gasteiger partial charge is 0.282 e. The van der Waals surface area contributed by atoms with Gasteiger partial charge in [0.15, 0.2) is 9.84 Å². The number of methoxy groups -OCH3 is 1. The molecule has 8 nitrogen and oxygen atoms in total. The Morgan fingerprint density at radius 1 is 1.17 bits per heavy atom. The first-order valence-corrected chi connectivity index (χ1v) is 13.4. The summed E-state index contributed by atoms with van der Waals surface area (Å²) >= 11 is 6.28. The highest BCUT2D eigenvalue weighted by molar-refractivity contribution is 7.92. The Morgan fingerprint density at radius 3 is 2.40 bits per heavy atom. The van der Waals surface area contributed by atoms with Gasteiger partial charge in [0.2, 0.25) is 11.8 Å². The van der Waals surface area contributed by atoms with Gasteiger partial charge in [0.1, 0.15) is 12.4 Å². The van der Waals surface area contributed by atoms with Gasteiger partial charge in [-0.25, -0.2) is 17.2 Å². The zero-order chi connectivity index (χ0) is 25.6. The molecular formula is C23H29ClF2N2O6S. The van der Waals surface area contributed by atoms with Crippen LogP contribution >= 0.6 is 11.6 Å². The van der Waals surface area contributed by atoms with Crippen LogP contribution in [0.1, 0.15) is 32.6 Å². The second-order valence-corrected chi connectivity index (χ2v) is 12.5. The lowest BCUT2D eigenvalue weighted by molar-refractivity contribution is -0.171. The van der Waals surface area contributed by atoms with E-state index in [4.69, 9.17) is 21.1 Å². The zero-order valence-electron chi connectivity index (χ0n) is 19.6. The molecule has 1 aromatic rings. The fraction of sp³-hybridized carbons (Fsp3) is 0.652. The molecule has 2 saturated carbocycles. The van der Waals surface area contributed by atoms with Crippen LogP contribution in [0.4, 0.5) is 8.78 Å². The summed E-state index contributed by atoms with van der Waals surface area (Å²) in [5.41, 5.74) is -0.368. The van der Waals surface area contributed by atoms with E-state index in [-0.39, 0.29) is 34.9 Å². The Morgan fingerprint density at radius 2 is 1.83 bits per heavy atom. The van der Waals surface area contributed by atoms with Crippen molar-refractivity contribution in [3.8, 4) is 5.75 Å². The molecule has 194 valence electrons. The number of carbonyl (C=O) groups excluding carboxylic acids is 2. The summed E-state index contributed by atoms with van der Waals surface area (Å²) in [4.78, 5) is 26.9. The summed E-state index contributed by atoms with van der Waals surface area (Å²) in [6, 6.07) is 4.21. The number of hydrogen-bond donors (Lipinski definition) is 1. The molecule has 3 aliphatic rings. The molecule has 2 aliphatic carbocycles. The molecule has 1 saturated heterocycles. The van der Waals surface area contributed by atoms with E-state index in [0.29, 0.717) is 12.4 Å². The van der Waals surface area contributed by atoms with Crippen LogP contribution in [0.5, 0.6) is 5.75 Å². The second-order valence-electron chi connectivity index (χ2n) is 9.89. The first-order chi connectivity index (χ1) is 16.3. The van der Waals surface area contributed by atoms with Crippen molar-refractivity contribution in [2.24, 2.45) is 11.8 Å². The van der Waals surface area contributed by atoms with Crippen molar-refractivity contribution in [3.63, 3.8) is 0 Å². The molecule has 35 heavy (non-hydrogen) atoms. The van der Waals surface area contributed by atoms with Gasteiger partial charge in [0, 0.05) is 18.7 Å². The monoisotopic (exact) mass is 534 g/mol. The summed E-state index contributed by atoms with van der Waals surface area (Å²) in [6.07, 6.45) is 1.35. The number of halogens is 3. The highest BCUT2D eigenvalue weighted by Crippen LogP contribution is 2.44. The number of rotatable bonds is 9. The van der Waals surface area contributed by atoms with Crippen LogP contribution in [0, 0.1) is 11.8 Å². The maximum atomic E-state index is 13.5. The van der Waals surface area contributed by atoms with Crippen molar-refractivity contribution in [2.75, 3.05) is 33.4 Å². The average molecular weight is 535 g/mol. The Kier molecular flexibility index (Phi) is 7.07. The second kappa shape index (κ2) is 9.48. The molecule has 0 spiro atoms. The van der Waals surface area contributed by atoms with Crippen LogP contribution < -0.4 is 10.1 Å². The van der Waals surface area contributed by atoms with E-state index in [1.54, 1.807) is 0 Å². The number of benzene rings is 1. The standard InChI is InChI=1S/C23H29ClF2N2O6S/c1-22(5-6-22)27-20(29)16-10-15(11-17(16)21(30)28-12-23(25,26)13-28)35(31,32)19-4-3-14(9-18(19)24)34-8-7-33-2/h3-4,9,15-17H,5-8,10-13H2,1-2H3,(H,27,29). The predicted molar refractivity (Wildman–Crippen MR) is 123 cm³/mol. The minimum Gasteiger partial charge on any atom is -0.491 e. The molecular weight excluding hydrogens is 506 g/mol. The third-order valence-electron chi connectivity index (χ3n) is 6.96. The minimum atomic E-state index is -4.02. The third-order valence-corrected chi connectivity index (χ3v) is 9.62. The lowest BCUT2D eigenvalue weighted by Crippen LogP contribution is -2.60. The highest BCUT2D eigenvalue weighted by atomic mass is 35.5. The van der Waals surface area contributed by atoms with E-state index in [9.17, 15) is 26.8 Å². The van der Waals surface area contributed by atoms with E-state index in [1.165, 1.54) is 25.3 Å². The van der Waals surface area contributed by atoms with Crippen LogP contribution in [-0.2, 0) is 24.2 Å². The molecule has 0 aromatic heterocycles. The summed E-state index contributed by atoms with van der Waals surface area (Å²) in [5, 5.41) is 1.80. The summed E-state index contributed by atoms with van der Waals surface area (Å²) in [6.45, 7) is 1.04. The molecule has 0 bridgehead atoms. The Labute approximate surface area is 208 Å². The lowest BCUT2D eigenvalue weighted by atomic mass is 9.92. The lowest BCUT2D eigenvalue weighted by Gasteiger charge is -2.40. The zero-order valence-corrected chi connectivity index (χ0v) is 21.1. The molecule has 0 radical (unpaired) electrons. The summed E-state index contributed by atoms with van der Waals surface area (Å²) in [7, 11) is -2.50. The average Bonchev–Trinajstić information content (AvgIpc) is 3.30. The number of nitrogens with zero attached hydrogens (tertiary/aromatic N) is 1. The number of amides is 2.